The molecule has 6 heteroatoms. The van der Waals surface area contributed by atoms with Crippen LogP contribution in [0.4, 0.5) is 0 Å². The van der Waals surface area contributed by atoms with Gasteiger partial charge < -0.3 is 9.80 Å². The smallest absolute Gasteiger partial charge is 0.275 e. The Morgan fingerprint density at radius 2 is 1.60 bits per heavy atom. The van der Waals surface area contributed by atoms with Crippen LogP contribution in [-0.2, 0) is 13.1 Å². The maximum atomic E-state index is 13.7. The van der Waals surface area contributed by atoms with Crippen LogP contribution in [0.15, 0.2) is 59.4 Å². The lowest BCUT2D eigenvalue weighted by atomic mass is 10.1. The lowest BCUT2D eigenvalue weighted by Crippen LogP contribution is -2.38. The van der Waals surface area contributed by atoms with Gasteiger partial charge in [-0.2, -0.15) is 5.10 Å². The molecule has 1 heterocycles. The van der Waals surface area contributed by atoms with E-state index in [2.05, 4.69) is 10.00 Å². The van der Waals surface area contributed by atoms with Crippen molar-refractivity contribution >= 4 is 16.7 Å². The minimum atomic E-state index is -0.158. The standard InChI is InChI=1S/C24H30N4O2/c1-18(2)16-28-23(29)21-13-9-8-12-20(21)22(25-28)24(30)27(15-14-26(3)4)17-19-10-6-5-7-11-19/h5-13,18H,14-17H2,1-4H3. The molecule has 0 saturated heterocycles. The van der Waals surface area contributed by atoms with Gasteiger partial charge in [-0.1, -0.05) is 62.4 Å². The van der Waals surface area contributed by atoms with E-state index in [0.717, 1.165) is 12.1 Å². The molecule has 1 aromatic heterocycles. The van der Waals surface area contributed by atoms with E-state index in [0.29, 0.717) is 36.1 Å². The third kappa shape index (κ3) is 5.13. The lowest BCUT2D eigenvalue weighted by molar-refractivity contribution is 0.0725. The predicted molar refractivity (Wildman–Crippen MR) is 121 cm³/mol. The number of carbonyl (C=O) groups excluding carboxylic acids is 1. The van der Waals surface area contributed by atoms with Gasteiger partial charge in [0, 0.05) is 31.6 Å². The zero-order chi connectivity index (χ0) is 21.7. The molecule has 0 unspecified atom stereocenters. The van der Waals surface area contributed by atoms with Crippen LogP contribution >= 0.6 is 0 Å². The van der Waals surface area contributed by atoms with Gasteiger partial charge in [0.2, 0.25) is 0 Å². The van der Waals surface area contributed by atoms with Crippen molar-refractivity contribution in [2.75, 3.05) is 27.2 Å². The first-order valence-corrected chi connectivity index (χ1v) is 10.3. The van der Waals surface area contributed by atoms with E-state index in [1.807, 2.05) is 81.4 Å². The molecule has 2 aromatic carbocycles. The van der Waals surface area contributed by atoms with Crippen molar-refractivity contribution in [2.24, 2.45) is 5.92 Å². The molecular weight excluding hydrogens is 376 g/mol. The quantitative estimate of drug-likeness (QED) is 0.576. The second-order valence-corrected chi connectivity index (χ2v) is 8.29. The van der Waals surface area contributed by atoms with Gasteiger partial charge in [-0.3, -0.25) is 9.59 Å². The molecule has 0 bridgehead atoms. The molecule has 158 valence electrons. The highest BCUT2D eigenvalue weighted by Crippen LogP contribution is 2.17. The first-order valence-electron chi connectivity index (χ1n) is 10.3. The highest BCUT2D eigenvalue weighted by Gasteiger charge is 2.22. The van der Waals surface area contributed by atoms with Gasteiger partial charge in [-0.15, -0.1) is 0 Å². The third-order valence-corrected chi connectivity index (χ3v) is 4.93. The zero-order valence-corrected chi connectivity index (χ0v) is 18.2. The second kappa shape index (κ2) is 9.67. The van der Waals surface area contributed by atoms with E-state index in [4.69, 9.17) is 0 Å². The Labute approximate surface area is 177 Å². The number of aromatic nitrogens is 2. The fraction of sp³-hybridized carbons (Fsp3) is 0.375. The number of rotatable bonds is 8. The Kier molecular flexibility index (Phi) is 7.00. The highest BCUT2D eigenvalue weighted by atomic mass is 16.2. The van der Waals surface area contributed by atoms with Crippen LogP contribution in [0, 0.1) is 5.92 Å². The second-order valence-electron chi connectivity index (χ2n) is 8.29. The van der Waals surface area contributed by atoms with E-state index in [1.165, 1.54) is 4.68 Å². The van der Waals surface area contributed by atoms with Crippen LogP contribution < -0.4 is 5.56 Å². The molecule has 0 spiro atoms. The predicted octanol–water partition coefficient (Wildman–Crippen LogP) is 3.26. The summed E-state index contributed by atoms with van der Waals surface area (Å²) in [6.45, 7) is 6.34. The van der Waals surface area contributed by atoms with Crippen LogP contribution in [0.5, 0.6) is 0 Å². The molecule has 30 heavy (non-hydrogen) atoms. The van der Waals surface area contributed by atoms with Crippen molar-refractivity contribution in [1.29, 1.82) is 0 Å². The molecule has 0 fully saturated rings. The SMILES string of the molecule is CC(C)Cn1nc(C(=O)N(CCN(C)C)Cc2ccccc2)c2ccccc2c1=O. The summed E-state index contributed by atoms with van der Waals surface area (Å²) in [5, 5.41) is 5.67. The van der Waals surface area contributed by atoms with Crippen molar-refractivity contribution < 1.29 is 4.79 Å². The van der Waals surface area contributed by atoms with Crippen LogP contribution in [0.2, 0.25) is 0 Å². The molecular formula is C24H30N4O2. The number of hydrogen-bond donors (Lipinski definition) is 0. The average Bonchev–Trinajstić information content (AvgIpc) is 2.73. The van der Waals surface area contributed by atoms with E-state index in [1.54, 1.807) is 6.07 Å². The maximum Gasteiger partial charge on any atom is 0.275 e. The highest BCUT2D eigenvalue weighted by molar-refractivity contribution is 6.04. The summed E-state index contributed by atoms with van der Waals surface area (Å²) in [7, 11) is 3.98. The van der Waals surface area contributed by atoms with E-state index in [9.17, 15) is 9.59 Å². The number of fused-ring (bicyclic) bond motifs is 1. The summed E-state index contributed by atoms with van der Waals surface area (Å²) in [5.74, 6) is 0.0860. The molecule has 1 amide bonds. The van der Waals surface area contributed by atoms with Gasteiger partial charge >= 0.3 is 0 Å². The fourth-order valence-electron chi connectivity index (χ4n) is 3.39. The summed E-state index contributed by atoms with van der Waals surface area (Å²) in [6.07, 6.45) is 0. The number of benzene rings is 2. The lowest BCUT2D eigenvalue weighted by Gasteiger charge is -2.25. The zero-order valence-electron chi connectivity index (χ0n) is 18.2. The summed E-state index contributed by atoms with van der Waals surface area (Å²) in [4.78, 5) is 30.4. The fourth-order valence-corrected chi connectivity index (χ4v) is 3.39. The van der Waals surface area contributed by atoms with Crippen LogP contribution in [0.25, 0.3) is 10.8 Å². The Morgan fingerprint density at radius 3 is 2.23 bits per heavy atom. The molecule has 0 radical (unpaired) electrons. The van der Waals surface area contributed by atoms with Gasteiger partial charge in [0.15, 0.2) is 5.69 Å². The molecule has 0 atom stereocenters. The van der Waals surface area contributed by atoms with Crippen molar-refractivity contribution in [3.8, 4) is 0 Å². The van der Waals surface area contributed by atoms with E-state index >= 15 is 0 Å². The third-order valence-electron chi connectivity index (χ3n) is 4.93. The Hall–Kier alpha value is -2.99. The van der Waals surface area contributed by atoms with E-state index in [-0.39, 0.29) is 17.4 Å². The number of carbonyl (C=O) groups is 1. The van der Waals surface area contributed by atoms with Gasteiger partial charge in [0.05, 0.1) is 5.39 Å². The molecule has 0 aliphatic carbocycles. The number of amides is 1. The van der Waals surface area contributed by atoms with Crippen LogP contribution in [0.3, 0.4) is 0 Å². The van der Waals surface area contributed by atoms with Crippen molar-refractivity contribution in [1.82, 2.24) is 19.6 Å². The van der Waals surface area contributed by atoms with E-state index < -0.39 is 0 Å². The van der Waals surface area contributed by atoms with Crippen molar-refractivity contribution in [2.45, 2.75) is 26.9 Å². The minimum Gasteiger partial charge on any atom is -0.332 e. The Morgan fingerprint density at radius 1 is 0.967 bits per heavy atom. The van der Waals surface area contributed by atoms with Crippen molar-refractivity contribution in [3.63, 3.8) is 0 Å². The topological polar surface area (TPSA) is 58.4 Å². The molecule has 0 aliphatic rings. The maximum absolute atomic E-state index is 13.7. The largest absolute Gasteiger partial charge is 0.332 e. The Balaban J connectivity index is 2.06. The number of likely N-dealkylation sites (N-methyl/N-ethyl adjacent to an activating group) is 1. The summed E-state index contributed by atoms with van der Waals surface area (Å²) < 4.78 is 1.44. The molecule has 0 N–H and O–H groups in total. The molecule has 6 nitrogen and oxygen atoms in total. The van der Waals surface area contributed by atoms with Gasteiger partial charge in [0.1, 0.15) is 0 Å². The summed E-state index contributed by atoms with van der Waals surface area (Å²) in [6, 6.07) is 17.2. The summed E-state index contributed by atoms with van der Waals surface area (Å²) >= 11 is 0. The van der Waals surface area contributed by atoms with Gasteiger partial charge in [-0.05, 0) is 31.6 Å². The van der Waals surface area contributed by atoms with Crippen LogP contribution in [-0.4, -0.2) is 52.7 Å². The van der Waals surface area contributed by atoms with Crippen molar-refractivity contribution in [3.05, 3.63) is 76.2 Å². The minimum absolute atomic E-state index is 0.154. The molecule has 0 saturated carbocycles. The average molecular weight is 407 g/mol. The molecule has 3 rings (SSSR count). The van der Waals surface area contributed by atoms with Gasteiger partial charge in [0.25, 0.3) is 11.5 Å². The van der Waals surface area contributed by atoms with Gasteiger partial charge in [-0.25, -0.2) is 4.68 Å². The monoisotopic (exact) mass is 406 g/mol. The molecule has 0 aliphatic heterocycles. The summed E-state index contributed by atoms with van der Waals surface area (Å²) in [5.41, 5.74) is 1.24. The number of hydrogen-bond acceptors (Lipinski definition) is 4. The number of nitrogens with zero attached hydrogens (tertiary/aromatic N) is 4. The first-order chi connectivity index (χ1) is 14.4. The Bertz CT molecular complexity index is 1060. The first kappa shape index (κ1) is 21.7. The van der Waals surface area contributed by atoms with Crippen LogP contribution in [0.1, 0.15) is 29.9 Å². The normalized spacial score (nSPS) is 11.4. The molecule has 3 aromatic rings.